The first-order valence-corrected chi connectivity index (χ1v) is 5.18. The Morgan fingerprint density at radius 2 is 2.15 bits per heavy atom. The van der Waals surface area contributed by atoms with Crippen LogP contribution in [-0.4, -0.2) is 30.0 Å². The van der Waals surface area contributed by atoms with Crippen molar-refractivity contribution < 1.29 is 9.84 Å². The molecule has 0 saturated heterocycles. The molecular weight excluding hydrogens is 166 g/mol. The number of hydrogen-bond acceptors (Lipinski definition) is 3. The Bertz CT molecular complexity index is 150. The van der Waals surface area contributed by atoms with E-state index in [1.54, 1.807) is 6.92 Å². The van der Waals surface area contributed by atoms with E-state index in [4.69, 9.17) is 10.5 Å². The van der Waals surface area contributed by atoms with E-state index < -0.39 is 0 Å². The smallest absolute Gasteiger partial charge is 0.0807 e. The minimum atomic E-state index is -0.390. The van der Waals surface area contributed by atoms with Gasteiger partial charge in [0, 0.05) is 0 Å². The molecule has 3 nitrogen and oxygen atoms in total. The lowest BCUT2D eigenvalue weighted by atomic mass is 10.1. The third-order valence-corrected chi connectivity index (χ3v) is 2.96. The summed E-state index contributed by atoms with van der Waals surface area (Å²) in [5.41, 5.74) is 5.63. The quantitative estimate of drug-likeness (QED) is 0.687. The second kappa shape index (κ2) is 4.94. The summed E-state index contributed by atoms with van der Waals surface area (Å²) in [5.74, 6) is 0.501. The molecule has 0 aromatic carbocycles. The normalized spacial score (nSPS) is 33.2. The zero-order valence-electron chi connectivity index (χ0n) is 8.57. The highest BCUT2D eigenvalue weighted by Gasteiger charge is 2.28. The van der Waals surface area contributed by atoms with Gasteiger partial charge < -0.3 is 15.6 Å². The van der Waals surface area contributed by atoms with Gasteiger partial charge in [-0.25, -0.2) is 0 Å². The van der Waals surface area contributed by atoms with E-state index in [1.165, 1.54) is 12.8 Å². The first kappa shape index (κ1) is 11.0. The van der Waals surface area contributed by atoms with E-state index in [-0.39, 0.29) is 18.3 Å². The minimum Gasteiger partial charge on any atom is -0.391 e. The van der Waals surface area contributed by atoms with Crippen LogP contribution < -0.4 is 5.73 Å². The van der Waals surface area contributed by atoms with Crippen molar-refractivity contribution >= 4 is 0 Å². The number of ether oxygens (including phenoxy) is 1. The Balaban J connectivity index is 2.34. The van der Waals surface area contributed by atoms with Crippen LogP contribution in [0.1, 0.15) is 33.1 Å². The second-order valence-electron chi connectivity index (χ2n) is 4.05. The Hall–Kier alpha value is -0.120. The van der Waals surface area contributed by atoms with Gasteiger partial charge in [0.05, 0.1) is 18.3 Å². The largest absolute Gasteiger partial charge is 0.391 e. The van der Waals surface area contributed by atoms with Crippen LogP contribution >= 0.6 is 0 Å². The van der Waals surface area contributed by atoms with Crippen LogP contribution in [0.4, 0.5) is 0 Å². The summed E-state index contributed by atoms with van der Waals surface area (Å²) in [5, 5.41) is 9.28. The van der Waals surface area contributed by atoms with Crippen LogP contribution in [0, 0.1) is 5.92 Å². The molecule has 0 spiro atoms. The second-order valence-corrected chi connectivity index (χ2v) is 4.05. The van der Waals surface area contributed by atoms with Crippen LogP contribution in [0.3, 0.4) is 0 Å². The van der Waals surface area contributed by atoms with Crippen molar-refractivity contribution in [1.82, 2.24) is 0 Å². The molecule has 4 unspecified atom stereocenters. The van der Waals surface area contributed by atoms with Gasteiger partial charge in [0.25, 0.3) is 0 Å². The molecule has 13 heavy (non-hydrogen) atoms. The molecule has 0 aliphatic heterocycles. The summed E-state index contributed by atoms with van der Waals surface area (Å²) < 4.78 is 5.75. The maximum Gasteiger partial charge on any atom is 0.0807 e. The average Bonchev–Trinajstić information content (AvgIpc) is 2.51. The number of nitrogens with two attached hydrogens (primary N) is 1. The van der Waals surface area contributed by atoms with Gasteiger partial charge in [0.1, 0.15) is 0 Å². The predicted octanol–water partition coefficient (Wildman–Crippen LogP) is 0.900. The Labute approximate surface area is 80.3 Å². The highest BCUT2D eigenvalue weighted by atomic mass is 16.5. The summed E-state index contributed by atoms with van der Waals surface area (Å²) in [4.78, 5) is 0. The fourth-order valence-corrected chi connectivity index (χ4v) is 1.84. The van der Waals surface area contributed by atoms with Crippen LogP contribution in [0.2, 0.25) is 0 Å². The fourth-order valence-electron chi connectivity index (χ4n) is 1.84. The Kier molecular flexibility index (Phi) is 4.16. The van der Waals surface area contributed by atoms with Gasteiger partial charge in [-0.05, 0) is 39.2 Å². The number of aliphatic hydroxyl groups excluding tert-OH is 1. The molecule has 1 aliphatic carbocycles. The van der Waals surface area contributed by atoms with Gasteiger partial charge in [0.15, 0.2) is 0 Å². The van der Waals surface area contributed by atoms with Gasteiger partial charge in [-0.3, -0.25) is 0 Å². The van der Waals surface area contributed by atoms with E-state index in [9.17, 15) is 5.11 Å². The van der Waals surface area contributed by atoms with Gasteiger partial charge >= 0.3 is 0 Å². The number of aliphatic hydroxyl groups is 1. The molecule has 1 fully saturated rings. The van der Waals surface area contributed by atoms with E-state index in [0.29, 0.717) is 12.5 Å². The van der Waals surface area contributed by atoms with Crippen LogP contribution in [0.5, 0.6) is 0 Å². The third kappa shape index (κ3) is 2.93. The standard InChI is InChI=1S/C10H21NO2/c1-7(12)8(2)13-10-5-3-4-9(10)6-11/h7-10,12H,3-6,11H2,1-2H3. The van der Waals surface area contributed by atoms with E-state index >= 15 is 0 Å². The van der Waals surface area contributed by atoms with E-state index in [1.807, 2.05) is 6.92 Å². The highest BCUT2D eigenvalue weighted by Crippen LogP contribution is 2.28. The molecule has 1 saturated carbocycles. The van der Waals surface area contributed by atoms with Crippen molar-refractivity contribution in [3.05, 3.63) is 0 Å². The summed E-state index contributed by atoms with van der Waals surface area (Å²) in [6.07, 6.45) is 3.29. The molecular formula is C10H21NO2. The summed E-state index contributed by atoms with van der Waals surface area (Å²) in [6.45, 7) is 4.38. The molecule has 0 aromatic rings. The summed E-state index contributed by atoms with van der Waals surface area (Å²) in [7, 11) is 0. The molecule has 3 N–H and O–H groups in total. The van der Waals surface area contributed by atoms with Crippen molar-refractivity contribution in [2.45, 2.75) is 51.4 Å². The van der Waals surface area contributed by atoms with Crippen LogP contribution in [-0.2, 0) is 4.74 Å². The van der Waals surface area contributed by atoms with Crippen molar-refractivity contribution in [2.75, 3.05) is 6.54 Å². The zero-order valence-corrected chi connectivity index (χ0v) is 8.57. The molecule has 1 aliphatic rings. The summed E-state index contributed by atoms with van der Waals surface area (Å²) in [6, 6.07) is 0. The lowest BCUT2D eigenvalue weighted by Crippen LogP contribution is -2.33. The molecule has 0 radical (unpaired) electrons. The van der Waals surface area contributed by atoms with E-state index in [2.05, 4.69) is 0 Å². The van der Waals surface area contributed by atoms with Gasteiger partial charge in [-0.15, -0.1) is 0 Å². The maximum atomic E-state index is 9.28. The molecule has 3 heteroatoms. The van der Waals surface area contributed by atoms with Gasteiger partial charge in [-0.2, -0.15) is 0 Å². The molecule has 0 heterocycles. The first-order valence-electron chi connectivity index (χ1n) is 5.18. The lowest BCUT2D eigenvalue weighted by molar-refractivity contribution is -0.0724. The Morgan fingerprint density at radius 1 is 1.46 bits per heavy atom. The van der Waals surface area contributed by atoms with E-state index in [0.717, 1.165) is 6.42 Å². The highest BCUT2D eigenvalue weighted by molar-refractivity contribution is 4.80. The number of hydrogen-bond donors (Lipinski definition) is 2. The molecule has 0 aromatic heterocycles. The lowest BCUT2D eigenvalue weighted by Gasteiger charge is -2.24. The molecule has 78 valence electrons. The van der Waals surface area contributed by atoms with Gasteiger partial charge in [0.2, 0.25) is 0 Å². The molecule has 1 rings (SSSR count). The van der Waals surface area contributed by atoms with Crippen molar-refractivity contribution in [3.63, 3.8) is 0 Å². The SMILES string of the molecule is CC(O)C(C)OC1CCCC1CN. The topological polar surface area (TPSA) is 55.5 Å². The molecule has 0 amide bonds. The van der Waals surface area contributed by atoms with Crippen molar-refractivity contribution in [2.24, 2.45) is 11.7 Å². The first-order chi connectivity index (χ1) is 6.15. The number of rotatable bonds is 4. The van der Waals surface area contributed by atoms with Crippen LogP contribution in [0.15, 0.2) is 0 Å². The van der Waals surface area contributed by atoms with Gasteiger partial charge in [-0.1, -0.05) is 6.42 Å². The van der Waals surface area contributed by atoms with Crippen molar-refractivity contribution in [1.29, 1.82) is 0 Å². The predicted molar refractivity (Wildman–Crippen MR) is 52.4 cm³/mol. The molecule has 4 atom stereocenters. The monoisotopic (exact) mass is 187 g/mol. The molecule has 0 bridgehead atoms. The maximum absolute atomic E-state index is 9.28. The zero-order chi connectivity index (χ0) is 9.84. The average molecular weight is 187 g/mol. The Morgan fingerprint density at radius 3 is 2.69 bits per heavy atom. The van der Waals surface area contributed by atoms with Crippen molar-refractivity contribution in [3.8, 4) is 0 Å². The summed E-state index contributed by atoms with van der Waals surface area (Å²) >= 11 is 0. The minimum absolute atomic E-state index is 0.0721. The fraction of sp³-hybridized carbons (Fsp3) is 1.00. The van der Waals surface area contributed by atoms with Crippen LogP contribution in [0.25, 0.3) is 0 Å². The third-order valence-electron chi connectivity index (χ3n) is 2.96.